The summed E-state index contributed by atoms with van der Waals surface area (Å²) in [5.74, 6) is 2.44. The number of hydrogen-bond donors (Lipinski definition) is 3. The number of nitrogens with zero attached hydrogens (tertiary/aromatic N) is 4. The fraction of sp³-hybridized carbons (Fsp3) is 0.448. The molecular weight excluding hydrogens is 516 g/mol. The first-order chi connectivity index (χ1) is 19.1. The van der Waals surface area contributed by atoms with Crippen molar-refractivity contribution in [2.45, 2.75) is 31.7 Å². The van der Waals surface area contributed by atoms with E-state index in [9.17, 15) is 5.11 Å². The Kier molecular flexibility index (Phi) is 9.03. The number of nitrogens with one attached hydrogen (secondary N) is 2. The summed E-state index contributed by atoms with van der Waals surface area (Å²) in [6.07, 6.45) is 5.83. The summed E-state index contributed by atoms with van der Waals surface area (Å²) in [5.41, 5.74) is 4.19. The Morgan fingerprint density at radius 2 is 1.85 bits per heavy atom. The van der Waals surface area contributed by atoms with Crippen molar-refractivity contribution in [2.75, 3.05) is 64.2 Å². The lowest BCUT2D eigenvalue weighted by atomic mass is 9.98. The number of piperazine rings is 1. The molecule has 0 unspecified atom stereocenters. The largest absolute Gasteiger partial charge is 0.495 e. The minimum absolute atomic E-state index is 0.230. The van der Waals surface area contributed by atoms with Crippen molar-refractivity contribution in [3.05, 3.63) is 58.7 Å². The first kappa shape index (κ1) is 27.5. The number of β-amino-alcohol motifs (C(OH)–C–C–N with tert-alkyl or cyclic N) is 1. The summed E-state index contributed by atoms with van der Waals surface area (Å²) < 4.78 is 11.4. The van der Waals surface area contributed by atoms with Gasteiger partial charge in [-0.2, -0.15) is 4.98 Å². The van der Waals surface area contributed by atoms with Gasteiger partial charge < -0.3 is 25.2 Å². The molecular formula is C29H37ClN6O3. The van der Waals surface area contributed by atoms with Crippen LogP contribution in [0.2, 0.25) is 5.02 Å². The van der Waals surface area contributed by atoms with Crippen LogP contribution in [-0.2, 0) is 12.8 Å². The maximum atomic E-state index is 9.26. The highest BCUT2D eigenvalue weighted by Crippen LogP contribution is 2.38. The van der Waals surface area contributed by atoms with Crippen molar-refractivity contribution in [1.29, 1.82) is 0 Å². The SMILES string of the molecule is COc1ccccc1Nc1nc(Nc2ccc3c(c2OC)CCC[C@@H](N2CCN(CCO)CC2)C3)ncc1Cl. The second kappa shape index (κ2) is 12.8. The zero-order valence-electron chi connectivity index (χ0n) is 22.6. The lowest BCUT2D eigenvalue weighted by Gasteiger charge is -2.39. The van der Waals surface area contributed by atoms with E-state index in [1.54, 1.807) is 20.4 Å². The first-order valence-electron chi connectivity index (χ1n) is 13.5. The van der Waals surface area contributed by atoms with E-state index >= 15 is 0 Å². The van der Waals surface area contributed by atoms with Crippen molar-refractivity contribution < 1.29 is 14.6 Å². The third-order valence-corrected chi connectivity index (χ3v) is 7.95. The second-order valence-electron chi connectivity index (χ2n) is 9.98. The van der Waals surface area contributed by atoms with Gasteiger partial charge in [0, 0.05) is 38.8 Å². The molecule has 1 atom stereocenters. The molecule has 1 fully saturated rings. The molecule has 2 heterocycles. The van der Waals surface area contributed by atoms with Crippen LogP contribution in [0.25, 0.3) is 0 Å². The minimum Gasteiger partial charge on any atom is -0.495 e. The number of ether oxygens (including phenoxy) is 2. The molecule has 10 heteroatoms. The molecule has 39 heavy (non-hydrogen) atoms. The van der Waals surface area contributed by atoms with Crippen molar-refractivity contribution in [2.24, 2.45) is 0 Å². The number of aliphatic hydroxyl groups excluding tert-OH is 1. The highest BCUT2D eigenvalue weighted by molar-refractivity contribution is 6.32. The van der Waals surface area contributed by atoms with Crippen LogP contribution >= 0.6 is 11.6 Å². The van der Waals surface area contributed by atoms with Crippen LogP contribution < -0.4 is 20.1 Å². The lowest BCUT2D eigenvalue weighted by molar-refractivity contribution is 0.0805. The van der Waals surface area contributed by atoms with Crippen LogP contribution in [0.3, 0.4) is 0 Å². The zero-order chi connectivity index (χ0) is 27.2. The highest BCUT2D eigenvalue weighted by atomic mass is 35.5. The van der Waals surface area contributed by atoms with Crippen LogP contribution in [-0.4, -0.2) is 84.5 Å². The number of aliphatic hydroxyl groups is 1. The summed E-state index contributed by atoms with van der Waals surface area (Å²) in [6, 6.07) is 12.4. The molecule has 1 aliphatic heterocycles. The maximum absolute atomic E-state index is 9.26. The smallest absolute Gasteiger partial charge is 0.229 e. The number of fused-ring (bicyclic) bond motifs is 1. The summed E-state index contributed by atoms with van der Waals surface area (Å²) in [7, 11) is 3.35. The molecule has 208 valence electrons. The Morgan fingerprint density at radius 1 is 1.03 bits per heavy atom. The molecule has 0 bridgehead atoms. The summed E-state index contributed by atoms with van der Waals surface area (Å²) >= 11 is 6.42. The average molecular weight is 553 g/mol. The van der Waals surface area contributed by atoms with E-state index in [0.717, 1.165) is 69.1 Å². The van der Waals surface area contributed by atoms with Gasteiger partial charge in [-0.1, -0.05) is 29.8 Å². The Labute approximate surface area is 235 Å². The van der Waals surface area contributed by atoms with Crippen LogP contribution in [0.4, 0.5) is 23.1 Å². The number of halogens is 1. The lowest BCUT2D eigenvalue weighted by Crippen LogP contribution is -2.51. The van der Waals surface area contributed by atoms with Gasteiger partial charge in [0.1, 0.15) is 16.5 Å². The van der Waals surface area contributed by atoms with Gasteiger partial charge in [-0.25, -0.2) is 4.98 Å². The predicted octanol–water partition coefficient (Wildman–Crippen LogP) is 4.49. The second-order valence-corrected chi connectivity index (χ2v) is 10.4. The molecule has 0 radical (unpaired) electrons. The molecule has 2 aliphatic rings. The molecule has 2 aromatic carbocycles. The van der Waals surface area contributed by atoms with Gasteiger partial charge in [0.15, 0.2) is 5.82 Å². The molecule has 0 saturated carbocycles. The Morgan fingerprint density at radius 3 is 2.62 bits per heavy atom. The Bertz CT molecular complexity index is 1270. The number of para-hydroxylation sites is 2. The van der Waals surface area contributed by atoms with Gasteiger partial charge in [0.2, 0.25) is 5.95 Å². The van der Waals surface area contributed by atoms with Gasteiger partial charge >= 0.3 is 0 Å². The van der Waals surface area contributed by atoms with E-state index in [-0.39, 0.29) is 6.61 Å². The van der Waals surface area contributed by atoms with E-state index in [4.69, 9.17) is 21.1 Å². The van der Waals surface area contributed by atoms with Crippen molar-refractivity contribution in [1.82, 2.24) is 19.8 Å². The summed E-state index contributed by atoms with van der Waals surface area (Å²) in [5, 5.41) is 16.3. The maximum Gasteiger partial charge on any atom is 0.229 e. The molecule has 9 nitrogen and oxygen atoms in total. The number of methoxy groups -OCH3 is 2. The highest BCUT2D eigenvalue weighted by Gasteiger charge is 2.28. The molecule has 3 N–H and O–H groups in total. The van der Waals surface area contributed by atoms with E-state index in [1.165, 1.54) is 17.5 Å². The van der Waals surface area contributed by atoms with E-state index in [2.05, 4.69) is 42.5 Å². The molecule has 1 aromatic heterocycles. The van der Waals surface area contributed by atoms with Gasteiger partial charge in [-0.05, 0) is 55.0 Å². The normalized spacial score (nSPS) is 18.2. The van der Waals surface area contributed by atoms with E-state index < -0.39 is 0 Å². The topological polar surface area (TPSA) is 95.0 Å². The Balaban J connectivity index is 1.33. The van der Waals surface area contributed by atoms with Gasteiger partial charge in [-0.15, -0.1) is 0 Å². The fourth-order valence-corrected chi connectivity index (χ4v) is 5.79. The number of hydrogen-bond acceptors (Lipinski definition) is 9. The van der Waals surface area contributed by atoms with Crippen LogP contribution in [0, 0.1) is 0 Å². The van der Waals surface area contributed by atoms with Gasteiger partial charge in [-0.3, -0.25) is 9.80 Å². The van der Waals surface area contributed by atoms with Crippen molar-refractivity contribution >= 4 is 34.7 Å². The average Bonchev–Trinajstić information content (AvgIpc) is 3.18. The van der Waals surface area contributed by atoms with Crippen LogP contribution in [0.15, 0.2) is 42.6 Å². The molecule has 1 saturated heterocycles. The predicted molar refractivity (Wildman–Crippen MR) is 155 cm³/mol. The number of benzene rings is 2. The zero-order valence-corrected chi connectivity index (χ0v) is 23.4. The Hall–Kier alpha value is -3.11. The van der Waals surface area contributed by atoms with E-state index in [1.807, 2.05) is 24.3 Å². The van der Waals surface area contributed by atoms with Gasteiger partial charge in [0.25, 0.3) is 0 Å². The quantitative estimate of drug-likeness (QED) is 0.332. The van der Waals surface area contributed by atoms with E-state index in [0.29, 0.717) is 28.6 Å². The molecule has 0 amide bonds. The summed E-state index contributed by atoms with van der Waals surface area (Å²) in [6.45, 7) is 5.14. The number of anilines is 4. The molecule has 3 aromatic rings. The van der Waals surface area contributed by atoms with Crippen LogP contribution in [0.1, 0.15) is 24.0 Å². The monoisotopic (exact) mass is 552 g/mol. The van der Waals surface area contributed by atoms with Gasteiger partial charge in [0.05, 0.1) is 38.4 Å². The first-order valence-corrected chi connectivity index (χ1v) is 13.9. The standard InChI is InChI=1S/C29H37ClN6O3/c1-38-26-9-4-3-8-24(26)32-28-23(30)19-31-29(34-28)33-25-11-10-20-18-21(6-5-7-22(20)27(25)39-2)36-14-12-35(13-15-36)16-17-37/h3-4,8-11,19,21,37H,5-7,12-18H2,1-2H3,(H2,31,32,33,34)/t21-/m1/s1. The third-order valence-electron chi connectivity index (χ3n) is 7.67. The van der Waals surface area contributed by atoms with Crippen molar-refractivity contribution in [3.8, 4) is 11.5 Å². The minimum atomic E-state index is 0.230. The third kappa shape index (κ3) is 6.38. The van der Waals surface area contributed by atoms with Crippen molar-refractivity contribution in [3.63, 3.8) is 0 Å². The molecule has 1 aliphatic carbocycles. The van der Waals surface area contributed by atoms with Crippen LogP contribution in [0.5, 0.6) is 11.5 Å². The fourth-order valence-electron chi connectivity index (χ4n) is 5.65. The molecule has 0 spiro atoms. The summed E-state index contributed by atoms with van der Waals surface area (Å²) in [4.78, 5) is 14.0. The number of aromatic nitrogens is 2. The molecule has 5 rings (SSSR count). The number of rotatable bonds is 9.